The van der Waals surface area contributed by atoms with E-state index >= 15 is 0 Å². The van der Waals surface area contributed by atoms with Crippen LogP contribution in [-0.4, -0.2) is 24.3 Å². The van der Waals surface area contributed by atoms with Gasteiger partial charge in [0.25, 0.3) is 0 Å². The van der Waals surface area contributed by atoms with Crippen LogP contribution in [0.1, 0.15) is 32.1 Å². The molecule has 3 heteroatoms. The van der Waals surface area contributed by atoms with Crippen molar-refractivity contribution in [3.05, 3.63) is 0 Å². The average Bonchev–Trinajstić information content (AvgIpc) is 2.87. The summed E-state index contributed by atoms with van der Waals surface area (Å²) < 4.78 is 5.34. The summed E-state index contributed by atoms with van der Waals surface area (Å²) in [5.41, 5.74) is -0.356. The molecule has 74 valence electrons. The molecule has 2 aliphatic rings. The van der Waals surface area contributed by atoms with E-state index in [1.807, 2.05) is 0 Å². The maximum absolute atomic E-state index is 10.9. The van der Waals surface area contributed by atoms with Gasteiger partial charge in [-0.05, 0) is 38.0 Å². The van der Waals surface area contributed by atoms with Crippen LogP contribution >= 0.6 is 0 Å². The van der Waals surface area contributed by atoms with E-state index in [0.717, 1.165) is 45.3 Å². The maximum Gasteiger partial charge on any atom is 0.309 e. The lowest BCUT2D eigenvalue weighted by atomic mass is 9.88. The summed E-state index contributed by atoms with van der Waals surface area (Å²) in [5.74, 6) is -0.106. The summed E-state index contributed by atoms with van der Waals surface area (Å²) in [4.78, 5) is 10.9. The third-order valence-corrected chi connectivity index (χ3v) is 3.24. The highest BCUT2D eigenvalue weighted by atomic mass is 16.5. The summed E-state index contributed by atoms with van der Waals surface area (Å²) >= 11 is 0. The largest absolute Gasteiger partial charge is 0.481 e. The van der Waals surface area contributed by atoms with Crippen molar-refractivity contribution in [2.45, 2.75) is 32.1 Å². The number of hydrogen-bond acceptors (Lipinski definition) is 2. The molecule has 0 aromatic rings. The number of carboxylic acid groups (broad SMARTS) is 1. The maximum atomic E-state index is 10.9. The molecule has 13 heavy (non-hydrogen) atoms. The summed E-state index contributed by atoms with van der Waals surface area (Å²) in [6.45, 7) is 1.63. The Hall–Kier alpha value is -0.570. The van der Waals surface area contributed by atoms with Gasteiger partial charge in [0.15, 0.2) is 0 Å². The van der Waals surface area contributed by atoms with Gasteiger partial charge in [-0.3, -0.25) is 4.79 Å². The molecule has 0 spiro atoms. The Balaban J connectivity index is 1.86. The Kier molecular flexibility index (Phi) is 2.28. The SMILES string of the molecule is O=C(O)C1(CC2CCCOC2)CC1. The Labute approximate surface area is 78.1 Å². The van der Waals surface area contributed by atoms with Gasteiger partial charge in [0, 0.05) is 13.2 Å². The molecule has 0 aromatic carbocycles. The molecule has 1 aliphatic carbocycles. The fraction of sp³-hybridized carbons (Fsp3) is 0.900. The summed E-state index contributed by atoms with van der Waals surface area (Å²) in [5, 5.41) is 8.99. The lowest BCUT2D eigenvalue weighted by Crippen LogP contribution is -2.24. The fourth-order valence-corrected chi connectivity index (χ4v) is 2.18. The van der Waals surface area contributed by atoms with E-state index in [0.29, 0.717) is 5.92 Å². The number of hydrogen-bond donors (Lipinski definition) is 1. The van der Waals surface area contributed by atoms with Crippen molar-refractivity contribution < 1.29 is 14.6 Å². The Bertz CT molecular complexity index is 202. The molecule has 0 radical (unpaired) electrons. The van der Waals surface area contributed by atoms with E-state index in [2.05, 4.69) is 0 Å². The molecular formula is C10H16O3. The van der Waals surface area contributed by atoms with Gasteiger partial charge in [0.2, 0.25) is 0 Å². The van der Waals surface area contributed by atoms with Crippen molar-refractivity contribution in [2.24, 2.45) is 11.3 Å². The first-order chi connectivity index (χ1) is 6.23. The van der Waals surface area contributed by atoms with Crippen molar-refractivity contribution in [2.75, 3.05) is 13.2 Å². The second-order valence-electron chi connectivity index (χ2n) is 4.37. The minimum atomic E-state index is -0.599. The molecular weight excluding hydrogens is 168 g/mol. The zero-order valence-electron chi connectivity index (χ0n) is 7.79. The fourth-order valence-electron chi connectivity index (χ4n) is 2.18. The molecule has 1 saturated heterocycles. The van der Waals surface area contributed by atoms with Crippen LogP contribution in [0, 0.1) is 11.3 Å². The van der Waals surface area contributed by atoms with Crippen molar-refractivity contribution in [3.8, 4) is 0 Å². The number of carboxylic acids is 1. The van der Waals surface area contributed by atoms with Crippen LogP contribution in [0.15, 0.2) is 0 Å². The topological polar surface area (TPSA) is 46.5 Å². The van der Waals surface area contributed by atoms with Crippen LogP contribution in [0.4, 0.5) is 0 Å². The van der Waals surface area contributed by atoms with E-state index in [1.54, 1.807) is 0 Å². The van der Waals surface area contributed by atoms with Crippen LogP contribution in [0.2, 0.25) is 0 Å². The van der Waals surface area contributed by atoms with Crippen molar-refractivity contribution in [1.82, 2.24) is 0 Å². The standard InChI is InChI=1S/C10H16O3/c11-9(12)10(3-4-10)6-8-2-1-5-13-7-8/h8H,1-7H2,(H,11,12). The molecule has 1 unspecified atom stereocenters. The second-order valence-corrected chi connectivity index (χ2v) is 4.37. The lowest BCUT2D eigenvalue weighted by molar-refractivity contribution is -0.144. The van der Waals surface area contributed by atoms with E-state index in [4.69, 9.17) is 9.84 Å². The van der Waals surface area contributed by atoms with Crippen LogP contribution in [0.3, 0.4) is 0 Å². The van der Waals surface area contributed by atoms with Gasteiger partial charge in [-0.15, -0.1) is 0 Å². The summed E-state index contributed by atoms with van der Waals surface area (Å²) in [7, 11) is 0. The first-order valence-corrected chi connectivity index (χ1v) is 5.04. The molecule has 0 bridgehead atoms. The molecule has 1 heterocycles. The molecule has 3 nitrogen and oxygen atoms in total. The minimum Gasteiger partial charge on any atom is -0.481 e. The lowest BCUT2D eigenvalue weighted by Gasteiger charge is -2.24. The number of aliphatic carboxylic acids is 1. The molecule has 0 aromatic heterocycles. The van der Waals surface area contributed by atoms with Crippen LogP contribution in [0.25, 0.3) is 0 Å². The predicted molar refractivity (Wildman–Crippen MR) is 47.5 cm³/mol. The molecule has 2 rings (SSSR count). The van der Waals surface area contributed by atoms with Gasteiger partial charge in [0.05, 0.1) is 5.41 Å². The molecule has 1 saturated carbocycles. The summed E-state index contributed by atoms with van der Waals surface area (Å²) in [6.07, 6.45) is 4.83. The highest BCUT2D eigenvalue weighted by molar-refractivity contribution is 5.77. The van der Waals surface area contributed by atoms with E-state index < -0.39 is 5.97 Å². The van der Waals surface area contributed by atoms with Crippen molar-refractivity contribution in [3.63, 3.8) is 0 Å². The molecule has 1 N–H and O–H groups in total. The smallest absolute Gasteiger partial charge is 0.309 e. The third-order valence-electron chi connectivity index (χ3n) is 3.24. The monoisotopic (exact) mass is 184 g/mol. The van der Waals surface area contributed by atoms with Gasteiger partial charge >= 0.3 is 5.97 Å². The molecule has 1 aliphatic heterocycles. The van der Waals surface area contributed by atoms with E-state index in [9.17, 15) is 4.79 Å². The minimum absolute atomic E-state index is 0.356. The Morgan fingerprint density at radius 2 is 2.31 bits per heavy atom. The predicted octanol–water partition coefficient (Wildman–Crippen LogP) is 1.67. The highest BCUT2D eigenvalue weighted by Crippen LogP contribution is 2.51. The Morgan fingerprint density at radius 3 is 2.77 bits per heavy atom. The van der Waals surface area contributed by atoms with Crippen molar-refractivity contribution >= 4 is 5.97 Å². The van der Waals surface area contributed by atoms with Crippen molar-refractivity contribution in [1.29, 1.82) is 0 Å². The second kappa shape index (κ2) is 3.29. The van der Waals surface area contributed by atoms with E-state index in [-0.39, 0.29) is 5.41 Å². The van der Waals surface area contributed by atoms with Crippen LogP contribution < -0.4 is 0 Å². The number of rotatable bonds is 3. The highest BCUT2D eigenvalue weighted by Gasteiger charge is 2.51. The van der Waals surface area contributed by atoms with Gasteiger partial charge in [-0.25, -0.2) is 0 Å². The van der Waals surface area contributed by atoms with E-state index in [1.165, 1.54) is 0 Å². The normalized spacial score (nSPS) is 31.2. The van der Waals surface area contributed by atoms with Gasteiger partial charge < -0.3 is 9.84 Å². The molecule has 2 fully saturated rings. The first-order valence-electron chi connectivity index (χ1n) is 5.04. The molecule has 0 amide bonds. The van der Waals surface area contributed by atoms with Crippen LogP contribution in [-0.2, 0) is 9.53 Å². The third kappa shape index (κ3) is 1.85. The zero-order chi connectivity index (χ0) is 9.31. The van der Waals surface area contributed by atoms with Gasteiger partial charge in [0.1, 0.15) is 0 Å². The quantitative estimate of drug-likeness (QED) is 0.725. The zero-order valence-corrected chi connectivity index (χ0v) is 7.79. The van der Waals surface area contributed by atoms with Gasteiger partial charge in [-0.2, -0.15) is 0 Å². The summed E-state index contributed by atoms with van der Waals surface area (Å²) in [6, 6.07) is 0. The number of ether oxygens (including phenoxy) is 1. The van der Waals surface area contributed by atoms with Gasteiger partial charge in [-0.1, -0.05) is 0 Å². The van der Waals surface area contributed by atoms with Crippen LogP contribution in [0.5, 0.6) is 0 Å². The average molecular weight is 184 g/mol. The number of carbonyl (C=O) groups is 1. The Morgan fingerprint density at radius 1 is 1.54 bits per heavy atom. The molecule has 1 atom stereocenters. The first kappa shape index (κ1) is 9.00.